The first-order valence-electron chi connectivity index (χ1n) is 8.88. The van der Waals surface area contributed by atoms with Gasteiger partial charge in [0.05, 0.1) is 0 Å². The predicted octanol–water partition coefficient (Wildman–Crippen LogP) is 4.24. The Morgan fingerprint density at radius 3 is 2.70 bits per heavy atom. The highest BCUT2D eigenvalue weighted by Crippen LogP contribution is 2.61. The Kier molecular flexibility index (Phi) is 3.56. The van der Waals surface area contributed by atoms with Crippen LogP contribution < -0.4 is 5.32 Å². The summed E-state index contributed by atoms with van der Waals surface area (Å²) in [6.45, 7) is 8.23. The molecule has 3 heteroatoms. The summed E-state index contributed by atoms with van der Waals surface area (Å²) in [6.07, 6.45) is 4.73. The van der Waals surface area contributed by atoms with E-state index in [1.807, 2.05) is 24.4 Å². The number of aromatic amines is 1. The summed E-state index contributed by atoms with van der Waals surface area (Å²) < 4.78 is 0. The second kappa shape index (κ2) is 5.48. The Morgan fingerprint density at radius 2 is 2.00 bits per heavy atom. The number of hydrogen-bond donors (Lipinski definition) is 2. The molecule has 3 aliphatic carbocycles. The minimum absolute atomic E-state index is 0.562. The third kappa shape index (κ3) is 2.51. The van der Waals surface area contributed by atoms with Crippen molar-refractivity contribution in [1.29, 1.82) is 0 Å². The molecule has 2 bridgehead atoms. The van der Waals surface area contributed by atoms with Gasteiger partial charge in [-0.15, -0.1) is 0 Å². The molecule has 0 spiro atoms. The lowest BCUT2D eigenvalue weighted by Crippen LogP contribution is -2.59. The Labute approximate surface area is 138 Å². The standard InChI is InChI=1S/C20H27N3/c1-13-17-9-15(20(17,2)3)10-18(13)21-11-16-12-22-19(23-16)14-7-5-4-6-8-14/h4-8,12-13,15,17-18,21H,9-11H2,1-3H3,(H,22,23)/t13-,15+,17-,18-/m1/s1. The largest absolute Gasteiger partial charge is 0.341 e. The van der Waals surface area contributed by atoms with Crippen molar-refractivity contribution in [3.63, 3.8) is 0 Å². The number of benzene rings is 1. The Bertz CT molecular complexity index is 673. The fourth-order valence-electron chi connectivity index (χ4n) is 4.85. The Hall–Kier alpha value is -1.61. The van der Waals surface area contributed by atoms with Crippen LogP contribution in [0.1, 0.15) is 39.3 Å². The number of nitrogens with one attached hydrogen (secondary N) is 2. The molecule has 5 rings (SSSR count). The lowest BCUT2D eigenvalue weighted by molar-refractivity contribution is -0.115. The number of fused-ring (bicyclic) bond motifs is 2. The molecule has 1 aromatic carbocycles. The van der Waals surface area contributed by atoms with Crippen LogP contribution in [-0.4, -0.2) is 16.0 Å². The molecule has 1 heterocycles. The highest BCUT2D eigenvalue weighted by Gasteiger charge is 2.55. The molecule has 3 saturated carbocycles. The molecule has 3 aliphatic rings. The van der Waals surface area contributed by atoms with Crippen molar-refractivity contribution in [1.82, 2.24) is 15.3 Å². The molecule has 2 N–H and O–H groups in total. The lowest BCUT2D eigenvalue weighted by Gasteiger charge is -2.62. The lowest BCUT2D eigenvalue weighted by atomic mass is 9.45. The Morgan fingerprint density at radius 1 is 1.22 bits per heavy atom. The molecule has 0 unspecified atom stereocenters. The van der Waals surface area contributed by atoms with Crippen molar-refractivity contribution >= 4 is 0 Å². The van der Waals surface area contributed by atoms with Crippen LogP contribution in [-0.2, 0) is 6.54 Å². The van der Waals surface area contributed by atoms with Crippen molar-refractivity contribution in [3.05, 3.63) is 42.2 Å². The molecule has 0 aliphatic heterocycles. The summed E-state index contributed by atoms with van der Waals surface area (Å²) in [5, 5.41) is 3.78. The van der Waals surface area contributed by atoms with Gasteiger partial charge in [0.1, 0.15) is 5.82 Å². The first-order chi connectivity index (χ1) is 11.1. The van der Waals surface area contributed by atoms with Crippen molar-refractivity contribution < 1.29 is 0 Å². The van der Waals surface area contributed by atoms with Crippen molar-refractivity contribution in [2.75, 3.05) is 0 Å². The summed E-state index contributed by atoms with van der Waals surface area (Å²) in [6, 6.07) is 11.0. The number of rotatable bonds is 4. The van der Waals surface area contributed by atoms with Crippen LogP contribution in [0.25, 0.3) is 11.4 Å². The number of aromatic nitrogens is 2. The number of imidazole rings is 1. The molecule has 3 fully saturated rings. The number of H-pyrrole nitrogens is 1. The van der Waals surface area contributed by atoms with Crippen LogP contribution in [0.3, 0.4) is 0 Å². The normalized spacial score (nSPS) is 31.6. The van der Waals surface area contributed by atoms with Crippen LogP contribution in [0.15, 0.2) is 36.5 Å². The van der Waals surface area contributed by atoms with E-state index in [0.29, 0.717) is 11.5 Å². The van der Waals surface area contributed by atoms with E-state index in [1.165, 1.54) is 18.5 Å². The molecule has 23 heavy (non-hydrogen) atoms. The maximum atomic E-state index is 4.52. The van der Waals surface area contributed by atoms with Crippen LogP contribution in [0.2, 0.25) is 0 Å². The molecular formula is C20H27N3. The van der Waals surface area contributed by atoms with Gasteiger partial charge in [-0.3, -0.25) is 0 Å². The minimum atomic E-state index is 0.562. The van der Waals surface area contributed by atoms with Gasteiger partial charge in [0.15, 0.2) is 0 Å². The quantitative estimate of drug-likeness (QED) is 0.887. The summed E-state index contributed by atoms with van der Waals surface area (Å²) in [5.41, 5.74) is 2.88. The molecule has 0 radical (unpaired) electrons. The third-order valence-corrected chi connectivity index (χ3v) is 6.58. The van der Waals surface area contributed by atoms with E-state index in [1.54, 1.807) is 0 Å². The fourth-order valence-corrected chi connectivity index (χ4v) is 4.85. The van der Waals surface area contributed by atoms with E-state index < -0.39 is 0 Å². The zero-order chi connectivity index (χ0) is 16.0. The van der Waals surface area contributed by atoms with Crippen molar-refractivity contribution in [2.24, 2.45) is 23.2 Å². The average Bonchev–Trinajstić information content (AvgIpc) is 3.03. The zero-order valence-electron chi connectivity index (χ0n) is 14.3. The maximum absolute atomic E-state index is 4.52. The topological polar surface area (TPSA) is 40.7 Å². The minimum Gasteiger partial charge on any atom is -0.341 e. The van der Waals surface area contributed by atoms with Gasteiger partial charge in [0.2, 0.25) is 0 Å². The van der Waals surface area contributed by atoms with E-state index in [2.05, 4.69) is 48.2 Å². The highest BCUT2D eigenvalue weighted by molar-refractivity contribution is 5.54. The van der Waals surface area contributed by atoms with Crippen molar-refractivity contribution in [3.8, 4) is 11.4 Å². The SMILES string of the molecule is C[C@@H]1[C@H]2C[C@@H](C[C@H]1NCc1cnc(-c3ccccc3)[nH]1)C2(C)C. The summed E-state index contributed by atoms with van der Waals surface area (Å²) in [7, 11) is 0. The molecular weight excluding hydrogens is 282 g/mol. The van der Waals surface area contributed by atoms with Gasteiger partial charge in [-0.25, -0.2) is 4.98 Å². The molecule has 3 nitrogen and oxygen atoms in total. The van der Waals surface area contributed by atoms with Crippen molar-refractivity contribution in [2.45, 2.75) is 46.2 Å². The van der Waals surface area contributed by atoms with Gasteiger partial charge in [-0.05, 0) is 36.0 Å². The Balaban J connectivity index is 1.38. The van der Waals surface area contributed by atoms with E-state index in [-0.39, 0.29) is 0 Å². The van der Waals surface area contributed by atoms with Crippen LogP contribution in [0, 0.1) is 23.2 Å². The van der Waals surface area contributed by atoms with E-state index in [0.717, 1.165) is 35.7 Å². The molecule has 122 valence electrons. The van der Waals surface area contributed by atoms with Gasteiger partial charge < -0.3 is 10.3 Å². The summed E-state index contributed by atoms with van der Waals surface area (Å²) >= 11 is 0. The zero-order valence-corrected chi connectivity index (χ0v) is 14.3. The first-order valence-corrected chi connectivity index (χ1v) is 8.88. The molecule has 1 aromatic heterocycles. The van der Waals surface area contributed by atoms with Gasteiger partial charge in [0, 0.05) is 30.0 Å². The highest BCUT2D eigenvalue weighted by atomic mass is 15.0. The molecule has 0 amide bonds. The van der Waals surface area contributed by atoms with Crippen LogP contribution in [0.5, 0.6) is 0 Å². The van der Waals surface area contributed by atoms with Gasteiger partial charge in [-0.1, -0.05) is 51.1 Å². The van der Waals surface area contributed by atoms with Gasteiger partial charge in [-0.2, -0.15) is 0 Å². The van der Waals surface area contributed by atoms with E-state index in [4.69, 9.17) is 0 Å². The fraction of sp³-hybridized carbons (Fsp3) is 0.550. The van der Waals surface area contributed by atoms with Crippen LogP contribution >= 0.6 is 0 Å². The van der Waals surface area contributed by atoms with E-state index >= 15 is 0 Å². The molecule has 4 atom stereocenters. The number of hydrogen-bond acceptors (Lipinski definition) is 2. The first kappa shape index (κ1) is 14.9. The monoisotopic (exact) mass is 309 g/mol. The number of nitrogens with zero attached hydrogens (tertiary/aromatic N) is 1. The van der Waals surface area contributed by atoms with Gasteiger partial charge >= 0.3 is 0 Å². The molecule has 0 saturated heterocycles. The van der Waals surface area contributed by atoms with Crippen LogP contribution in [0.4, 0.5) is 0 Å². The molecule has 2 aromatic rings. The summed E-state index contributed by atoms with van der Waals surface area (Å²) in [5.74, 6) is 3.53. The predicted molar refractivity (Wildman–Crippen MR) is 93.8 cm³/mol. The second-order valence-corrected chi connectivity index (χ2v) is 8.07. The summed E-state index contributed by atoms with van der Waals surface area (Å²) in [4.78, 5) is 7.97. The second-order valence-electron chi connectivity index (χ2n) is 8.07. The smallest absolute Gasteiger partial charge is 0.137 e. The third-order valence-electron chi connectivity index (χ3n) is 6.58. The van der Waals surface area contributed by atoms with Gasteiger partial charge in [0.25, 0.3) is 0 Å². The average molecular weight is 309 g/mol. The van der Waals surface area contributed by atoms with E-state index in [9.17, 15) is 0 Å². The maximum Gasteiger partial charge on any atom is 0.137 e.